The fourth-order valence-electron chi connectivity index (χ4n) is 1.87. The van der Waals surface area contributed by atoms with E-state index in [9.17, 15) is 0 Å². The molecule has 0 aromatic rings. The summed E-state index contributed by atoms with van der Waals surface area (Å²) in [5.74, 6) is 0. The molecule has 0 amide bonds. The third-order valence-electron chi connectivity index (χ3n) is 2.77. The summed E-state index contributed by atoms with van der Waals surface area (Å²) in [5, 5.41) is 8.59. The molecule has 0 saturated heterocycles. The van der Waals surface area contributed by atoms with Gasteiger partial charge in [0, 0.05) is 13.2 Å². The second-order valence-corrected chi connectivity index (χ2v) is 4.09. The van der Waals surface area contributed by atoms with Crippen molar-refractivity contribution in [2.45, 2.75) is 57.8 Å². The minimum atomic E-state index is 0.332. The average molecular weight is 199 g/mol. The SMILES string of the molecule is OCCCCCCO[C]1CCCCC1. The molecule has 83 valence electrons. The van der Waals surface area contributed by atoms with Gasteiger partial charge in [-0.05, 0) is 25.7 Å². The van der Waals surface area contributed by atoms with Crippen molar-refractivity contribution in [2.75, 3.05) is 13.2 Å². The van der Waals surface area contributed by atoms with Gasteiger partial charge >= 0.3 is 0 Å². The molecule has 1 N–H and O–H groups in total. The van der Waals surface area contributed by atoms with Crippen LogP contribution in [0, 0.1) is 6.10 Å². The van der Waals surface area contributed by atoms with Gasteiger partial charge in [-0.1, -0.05) is 32.1 Å². The summed E-state index contributed by atoms with van der Waals surface area (Å²) < 4.78 is 5.72. The standard InChI is InChI=1S/C12H23O2/c13-10-6-1-2-7-11-14-12-8-4-3-5-9-12/h13H,1-11H2. The topological polar surface area (TPSA) is 29.5 Å². The van der Waals surface area contributed by atoms with E-state index in [1.807, 2.05) is 0 Å². The quantitative estimate of drug-likeness (QED) is 0.639. The molecular formula is C12H23O2. The van der Waals surface area contributed by atoms with Crippen LogP contribution >= 0.6 is 0 Å². The number of ether oxygens (including phenoxy) is 1. The molecule has 1 aliphatic carbocycles. The Kier molecular flexibility index (Phi) is 7.06. The molecular weight excluding hydrogens is 176 g/mol. The van der Waals surface area contributed by atoms with Gasteiger partial charge in [-0.2, -0.15) is 0 Å². The van der Waals surface area contributed by atoms with Crippen molar-refractivity contribution in [2.24, 2.45) is 0 Å². The van der Waals surface area contributed by atoms with Crippen LogP contribution in [0.25, 0.3) is 0 Å². The highest BCUT2D eigenvalue weighted by Gasteiger charge is 2.13. The molecule has 1 rings (SSSR count). The summed E-state index contributed by atoms with van der Waals surface area (Å²) in [7, 11) is 0. The highest BCUT2D eigenvalue weighted by Crippen LogP contribution is 2.26. The average Bonchev–Trinajstić information content (AvgIpc) is 2.25. The van der Waals surface area contributed by atoms with E-state index in [2.05, 4.69) is 0 Å². The van der Waals surface area contributed by atoms with Gasteiger partial charge in [0.25, 0.3) is 0 Å². The lowest BCUT2D eigenvalue weighted by atomic mass is 9.98. The first-order chi connectivity index (χ1) is 6.93. The molecule has 2 heteroatoms. The van der Waals surface area contributed by atoms with Crippen LogP contribution in [0.2, 0.25) is 0 Å². The Morgan fingerprint density at radius 3 is 2.36 bits per heavy atom. The number of aliphatic hydroxyl groups excluding tert-OH is 1. The summed E-state index contributed by atoms with van der Waals surface area (Å²) >= 11 is 0. The zero-order valence-electron chi connectivity index (χ0n) is 9.13. The van der Waals surface area contributed by atoms with E-state index in [-0.39, 0.29) is 0 Å². The van der Waals surface area contributed by atoms with Crippen molar-refractivity contribution in [1.82, 2.24) is 0 Å². The van der Waals surface area contributed by atoms with Crippen molar-refractivity contribution >= 4 is 0 Å². The van der Waals surface area contributed by atoms with Gasteiger partial charge in [-0.25, -0.2) is 0 Å². The van der Waals surface area contributed by atoms with E-state index in [0.29, 0.717) is 6.61 Å². The lowest BCUT2D eigenvalue weighted by Crippen LogP contribution is -2.09. The largest absolute Gasteiger partial charge is 0.396 e. The van der Waals surface area contributed by atoms with Crippen LogP contribution < -0.4 is 0 Å². The van der Waals surface area contributed by atoms with Crippen LogP contribution in [0.15, 0.2) is 0 Å². The van der Waals surface area contributed by atoms with E-state index in [0.717, 1.165) is 25.9 Å². The Morgan fingerprint density at radius 1 is 0.929 bits per heavy atom. The number of unbranched alkanes of at least 4 members (excludes halogenated alkanes) is 3. The first-order valence-corrected chi connectivity index (χ1v) is 6.02. The molecule has 14 heavy (non-hydrogen) atoms. The maximum absolute atomic E-state index is 8.59. The molecule has 0 heterocycles. The van der Waals surface area contributed by atoms with Gasteiger partial charge in [-0.15, -0.1) is 0 Å². The lowest BCUT2D eigenvalue weighted by molar-refractivity contribution is 0.109. The van der Waals surface area contributed by atoms with Crippen LogP contribution in [-0.2, 0) is 4.74 Å². The van der Waals surface area contributed by atoms with Crippen LogP contribution in [0.3, 0.4) is 0 Å². The van der Waals surface area contributed by atoms with Gasteiger partial charge < -0.3 is 9.84 Å². The molecule has 0 atom stereocenters. The van der Waals surface area contributed by atoms with E-state index in [1.54, 1.807) is 0 Å². The van der Waals surface area contributed by atoms with Crippen molar-refractivity contribution in [3.63, 3.8) is 0 Å². The Morgan fingerprint density at radius 2 is 1.64 bits per heavy atom. The zero-order valence-corrected chi connectivity index (χ0v) is 9.13. The van der Waals surface area contributed by atoms with Gasteiger partial charge in [0.1, 0.15) is 0 Å². The Balaban J connectivity index is 1.82. The summed E-state index contributed by atoms with van der Waals surface area (Å²) in [6.07, 6.45) is 12.1. The molecule has 0 aromatic heterocycles. The monoisotopic (exact) mass is 199 g/mol. The molecule has 0 spiro atoms. The minimum Gasteiger partial charge on any atom is -0.396 e. The smallest absolute Gasteiger partial charge is 0.0970 e. The summed E-state index contributed by atoms with van der Waals surface area (Å²) in [6.45, 7) is 1.22. The zero-order chi connectivity index (χ0) is 10.1. The van der Waals surface area contributed by atoms with Crippen LogP contribution in [0.5, 0.6) is 0 Å². The van der Waals surface area contributed by atoms with Gasteiger partial charge in [0.05, 0.1) is 6.10 Å². The molecule has 0 bridgehead atoms. The van der Waals surface area contributed by atoms with E-state index in [4.69, 9.17) is 9.84 Å². The molecule has 1 radical (unpaired) electrons. The van der Waals surface area contributed by atoms with Crippen molar-refractivity contribution in [3.05, 3.63) is 6.10 Å². The van der Waals surface area contributed by atoms with Gasteiger partial charge in [0.2, 0.25) is 0 Å². The molecule has 0 unspecified atom stereocenters. The first-order valence-electron chi connectivity index (χ1n) is 6.02. The maximum Gasteiger partial charge on any atom is 0.0970 e. The highest BCUT2D eigenvalue weighted by atomic mass is 16.5. The summed E-state index contributed by atoms with van der Waals surface area (Å²) in [6, 6.07) is 0. The van der Waals surface area contributed by atoms with Crippen LogP contribution in [0.1, 0.15) is 57.8 Å². The van der Waals surface area contributed by atoms with E-state index < -0.39 is 0 Å². The molecule has 0 aliphatic heterocycles. The molecule has 1 aliphatic rings. The fraction of sp³-hybridized carbons (Fsp3) is 0.917. The number of hydrogen-bond acceptors (Lipinski definition) is 2. The predicted molar refractivity (Wildman–Crippen MR) is 57.8 cm³/mol. The van der Waals surface area contributed by atoms with Crippen molar-refractivity contribution in [1.29, 1.82) is 0 Å². The molecule has 1 fully saturated rings. The third kappa shape index (κ3) is 5.61. The van der Waals surface area contributed by atoms with Gasteiger partial charge in [-0.3, -0.25) is 0 Å². The Labute approximate surface area is 87.7 Å². The predicted octanol–water partition coefficient (Wildman–Crippen LogP) is 3.05. The van der Waals surface area contributed by atoms with Crippen molar-refractivity contribution < 1.29 is 9.84 Å². The summed E-state index contributed by atoms with van der Waals surface area (Å²) in [5.41, 5.74) is 0. The number of hydrogen-bond donors (Lipinski definition) is 1. The van der Waals surface area contributed by atoms with Crippen molar-refractivity contribution in [3.8, 4) is 0 Å². The van der Waals surface area contributed by atoms with E-state index in [1.165, 1.54) is 44.6 Å². The highest BCUT2D eigenvalue weighted by molar-refractivity contribution is 4.82. The molecule has 2 nitrogen and oxygen atoms in total. The van der Waals surface area contributed by atoms with Crippen LogP contribution in [-0.4, -0.2) is 18.3 Å². The second kappa shape index (κ2) is 8.25. The number of rotatable bonds is 7. The molecule has 1 saturated carbocycles. The van der Waals surface area contributed by atoms with Gasteiger partial charge in [0.15, 0.2) is 0 Å². The first kappa shape index (κ1) is 12.0. The third-order valence-corrected chi connectivity index (χ3v) is 2.77. The summed E-state index contributed by atoms with van der Waals surface area (Å²) in [4.78, 5) is 0. The fourth-order valence-corrected chi connectivity index (χ4v) is 1.87. The number of aliphatic hydroxyl groups is 1. The second-order valence-electron chi connectivity index (χ2n) is 4.09. The Bertz CT molecular complexity index is 119. The van der Waals surface area contributed by atoms with Crippen LogP contribution in [0.4, 0.5) is 0 Å². The molecule has 0 aromatic carbocycles. The normalized spacial score (nSPS) is 18.6. The van der Waals surface area contributed by atoms with E-state index >= 15 is 0 Å². The minimum absolute atomic E-state index is 0.332. The Hall–Kier alpha value is -0.0800. The lowest BCUT2D eigenvalue weighted by Gasteiger charge is -2.20. The maximum atomic E-state index is 8.59.